The maximum atomic E-state index is 13.1. The lowest BCUT2D eigenvalue weighted by atomic mass is 10.0. The molecule has 2 N–H and O–H groups in total. The van der Waals surface area contributed by atoms with E-state index in [1.54, 1.807) is 18.2 Å². The van der Waals surface area contributed by atoms with Gasteiger partial charge in [-0.3, -0.25) is 14.3 Å². The van der Waals surface area contributed by atoms with Gasteiger partial charge < -0.3 is 10.4 Å². The van der Waals surface area contributed by atoms with E-state index in [1.165, 1.54) is 0 Å². The Morgan fingerprint density at radius 2 is 1.81 bits per heavy atom. The van der Waals surface area contributed by atoms with Crippen LogP contribution in [-0.2, 0) is 16.8 Å². The first-order valence-corrected chi connectivity index (χ1v) is 10.4. The van der Waals surface area contributed by atoms with E-state index in [4.69, 9.17) is 16.7 Å². The topological polar surface area (TPSA) is 84.2 Å². The SMILES string of the molecule is Cc1c(C(=O)Nc2ccc(CCC(=O)O)cc2Cl)nn(C(C)(C)C)c1-c1ccccc1. The van der Waals surface area contributed by atoms with Gasteiger partial charge in [0.05, 0.1) is 21.9 Å². The lowest BCUT2D eigenvalue weighted by Gasteiger charge is -2.22. The average molecular weight is 440 g/mol. The molecule has 3 rings (SSSR count). The summed E-state index contributed by atoms with van der Waals surface area (Å²) < 4.78 is 1.88. The zero-order valence-corrected chi connectivity index (χ0v) is 18.8. The third-order valence-electron chi connectivity index (χ3n) is 4.93. The minimum Gasteiger partial charge on any atom is -0.481 e. The highest BCUT2D eigenvalue weighted by Gasteiger charge is 2.27. The third kappa shape index (κ3) is 5.14. The predicted octanol–water partition coefficient (Wildman–Crippen LogP) is 5.54. The molecule has 3 aromatic rings. The van der Waals surface area contributed by atoms with E-state index in [2.05, 4.69) is 10.4 Å². The second-order valence-corrected chi connectivity index (χ2v) is 8.84. The van der Waals surface area contributed by atoms with Crippen LogP contribution in [0.1, 0.15) is 48.8 Å². The van der Waals surface area contributed by atoms with Gasteiger partial charge in [-0.1, -0.05) is 48.0 Å². The molecule has 0 saturated carbocycles. The molecule has 162 valence electrons. The van der Waals surface area contributed by atoms with Gasteiger partial charge in [-0.05, 0) is 51.8 Å². The lowest BCUT2D eigenvalue weighted by Crippen LogP contribution is -2.25. The molecule has 31 heavy (non-hydrogen) atoms. The molecule has 1 aromatic heterocycles. The highest BCUT2D eigenvalue weighted by atomic mass is 35.5. The largest absolute Gasteiger partial charge is 0.481 e. The summed E-state index contributed by atoms with van der Waals surface area (Å²) >= 11 is 6.33. The molecule has 2 aromatic carbocycles. The van der Waals surface area contributed by atoms with Crippen LogP contribution in [0.4, 0.5) is 5.69 Å². The Kier molecular flexibility index (Phi) is 6.51. The van der Waals surface area contributed by atoms with Crippen LogP contribution in [0, 0.1) is 6.92 Å². The van der Waals surface area contributed by atoms with E-state index in [0.29, 0.717) is 22.8 Å². The number of amides is 1. The number of carbonyl (C=O) groups excluding carboxylic acids is 1. The van der Waals surface area contributed by atoms with Gasteiger partial charge in [0.25, 0.3) is 5.91 Å². The second kappa shape index (κ2) is 8.94. The first kappa shape index (κ1) is 22.6. The Morgan fingerprint density at radius 1 is 1.13 bits per heavy atom. The molecular weight excluding hydrogens is 414 g/mol. The van der Waals surface area contributed by atoms with Crippen molar-refractivity contribution in [1.82, 2.24) is 9.78 Å². The van der Waals surface area contributed by atoms with Crippen LogP contribution in [0.25, 0.3) is 11.3 Å². The van der Waals surface area contributed by atoms with Crippen molar-refractivity contribution in [1.29, 1.82) is 0 Å². The molecule has 0 atom stereocenters. The van der Waals surface area contributed by atoms with Gasteiger partial charge in [0.2, 0.25) is 0 Å². The third-order valence-corrected chi connectivity index (χ3v) is 5.24. The van der Waals surface area contributed by atoms with E-state index in [-0.39, 0.29) is 17.9 Å². The van der Waals surface area contributed by atoms with Crippen molar-refractivity contribution in [2.24, 2.45) is 0 Å². The van der Waals surface area contributed by atoms with Crippen LogP contribution >= 0.6 is 11.6 Å². The Labute approximate surface area is 186 Å². The molecule has 0 aliphatic rings. The fraction of sp³-hybridized carbons (Fsp3) is 0.292. The number of carbonyl (C=O) groups is 2. The highest BCUT2D eigenvalue weighted by molar-refractivity contribution is 6.34. The van der Waals surface area contributed by atoms with Crippen LogP contribution in [-0.4, -0.2) is 26.8 Å². The number of aryl methyl sites for hydroxylation is 1. The van der Waals surface area contributed by atoms with Crippen molar-refractivity contribution in [2.75, 3.05) is 5.32 Å². The van der Waals surface area contributed by atoms with Gasteiger partial charge in [0, 0.05) is 17.5 Å². The Morgan fingerprint density at radius 3 is 2.39 bits per heavy atom. The minimum absolute atomic E-state index is 0.0216. The van der Waals surface area contributed by atoms with Gasteiger partial charge in [-0.15, -0.1) is 0 Å². The lowest BCUT2D eigenvalue weighted by molar-refractivity contribution is -0.136. The molecule has 0 saturated heterocycles. The summed E-state index contributed by atoms with van der Waals surface area (Å²) in [6.07, 6.45) is 0.395. The molecule has 0 unspecified atom stereocenters. The van der Waals surface area contributed by atoms with E-state index in [0.717, 1.165) is 22.4 Å². The number of carboxylic acids is 1. The van der Waals surface area contributed by atoms with E-state index < -0.39 is 5.97 Å². The number of benzene rings is 2. The van der Waals surface area contributed by atoms with E-state index >= 15 is 0 Å². The Bertz CT molecular complexity index is 1120. The Balaban J connectivity index is 1.92. The van der Waals surface area contributed by atoms with Gasteiger partial charge >= 0.3 is 5.97 Å². The summed E-state index contributed by atoms with van der Waals surface area (Å²) in [5.74, 6) is -1.22. The van der Waals surface area contributed by atoms with Crippen molar-refractivity contribution in [2.45, 2.75) is 46.1 Å². The first-order valence-electron chi connectivity index (χ1n) is 10.0. The normalized spacial score (nSPS) is 11.4. The zero-order valence-electron chi connectivity index (χ0n) is 18.1. The standard InChI is InChI=1S/C24H26ClN3O3/c1-15-21(27-28(24(2,3)4)22(15)17-8-6-5-7-9-17)23(31)26-19-12-10-16(14-18(19)25)11-13-20(29)30/h5-10,12,14H,11,13H2,1-4H3,(H,26,31)(H,29,30). The quantitative estimate of drug-likeness (QED) is 0.528. The summed E-state index contributed by atoms with van der Waals surface area (Å²) in [5, 5.41) is 16.7. The molecule has 6 nitrogen and oxygen atoms in total. The van der Waals surface area contributed by atoms with Crippen LogP contribution in [0.15, 0.2) is 48.5 Å². The van der Waals surface area contributed by atoms with E-state index in [1.807, 2.05) is 62.7 Å². The number of hydrogen-bond donors (Lipinski definition) is 2. The van der Waals surface area contributed by atoms with Crippen LogP contribution < -0.4 is 5.32 Å². The number of aromatic nitrogens is 2. The summed E-state index contributed by atoms with van der Waals surface area (Å²) in [4.78, 5) is 23.8. The number of nitrogens with one attached hydrogen (secondary N) is 1. The number of hydrogen-bond acceptors (Lipinski definition) is 3. The number of halogens is 1. The summed E-state index contributed by atoms with van der Waals surface area (Å²) in [5.41, 5.74) is 3.93. The molecule has 0 aliphatic heterocycles. The summed E-state index contributed by atoms with van der Waals surface area (Å²) in [7, 11) is 0. The molecule has 0 bridgehead atoms. The van der Waals surface area contributed by atoms with Crippen molar-refractivity contribution >= 4 is 29.2 Å². The van der Waals surface area contributed by atoms with Gasteiger partial charge in [0.15, 0.2) is 5.69 Å². The molecule has 1 heterocycles. The maximum absolute atomic E-state index is 13.1. The zero-order chi connectivity index (χ0) is 22.8. The van der Waals surface area contributed by atoms with Gasteiger partial charge in [0.1, 0.15) is 0 Å². The number of anilines is 1. The number of carboxylic acid groups (broad SMARTS) is 1. The number of aliphatic carboxylic acids is 1. The molecule has 0 fully saturated rings. The van der Waals surface area contributed by atoms with Crippen LogP contribution in [0.3, 0.4) is 0 Å². The fourth-order valence-corrected chi connectivity index (χ4v) is 3.63. The maximum Gasteiger partial charge on any atom is 0.303 e. The highest BCUT2D eigenvalue weighted by Crippen LogP contribution is 2.31. The smallest absolute Gasteiger partial charge is 0.303 e. The number of rotatable bonds is 6. The molecule has 0 aliphatic carbocycles. The van der Waals surface area contributed by atoms with Crippen LogP contribution in [0.5, 0.6) is 0 Å². The van der Waals surface area contributed by atoms with Gasteiger partial charge in [-0.25, -0.2) is 0 Å². The predicted molar refractivity (Wildman–Crippen MR) is 123 cm³/mol. The first-order chi connectivity index (χ1) is 14.6. The summed E-state index contributed by atoms with van der Waals surface area (Å²) in [6.45, 7) is 8.02. The number of nitrogens with zero attached hydrogens (tertiary/aromatic N) is 2. The molecular formula is C24H26ClN3O3. The molecule has 0 spiro atoms. The van der Waals surface area contributed by atoms with Crippen molar-refractivity contribution < 1.29 is 14.7 Å². The van der Waals surface area contributed by atoms with Gasteiger partial charge in [-0.2, -0.15) is 5.10 Å². The van der Waals surface area contributed by atoms with Crippen molar-refractivity contribution in [3.8, 4) is 11.3 Å². The van der Waals surface area contributed by atoms with Crippen molar-refractivity contribution in [3.63, 3.8) is 0 Å². The summed E-state index contributed by atoms with van der Waals surface area (Å²) in [6, 6.07) is 15.0. The average Bonchev–Trinajstić information content (AvgIpc) is 3.06. The fourth-order valence-electron chi connectivity index (χ4n) is 3.38. The van der Waals surface area contributed by atoms with E-state index in [9.17, 15) is 9.59 Å². The van der Waals surface area contributed by atoms with Crippen LogP contribution in [0.2, 0.25) is 5.02 Å². The molecule has 1 amide bonds. The monoisotopic (exact) mass is 439 g/mol. The molecule has 7 heteroatoms. The minimum atomic E-state index is -0.868. The molecule has 0 radical (unpaired) electrons. The second-order valence-electron chi connectivity index (χ2n) is 8.43. The Hall–Kier alpha value is -3.12. The van der Waals surface area contributed by atoms with Crippen molar-refractivity contribution in [3.05, 3.63) is 70.4 Å².